The Labute approximate surface area is 171 Å². The van der Waals surface area contributed by atoms with Crippen LogP contribution in [0.15, 0.2) is 36.4 Å². The van der Waals surface area contributed by atoms with Crippen LogP contribution >= 0.6 is 11.6 Å². The summed E-state index contributed by atoms with van der Waals surface area (Å²) in [7, 11) is 0. The van der Waals surface area contributed by atoms with Gasteiger partial charge in [-0.05, 0) is 12.1 Å². The van der Waals surface area contributed by atoms with Gasteiger partial charge in [-0.2, -0.15) is 0 Å². The van der Waals surface area contributed by atoms with Gasteiger partial charge in [-0.3, -0.25) is 0 Å². The fourth-order valence-corrected chi connectivity index (χ4v) is 1.86. The maximum atomic E-state index is 13.3. The number of halogens is 6. The smallest absolute Gasteiger partial charge is 0.489 e. The van der Waals surface area contributed by atoms with Crippen molar-refractivity contribution in [1.82, 2.24) is 0 Å². The molecule has 0 heterocycles. The topological polar surface area (TPSA) is 9.23 Å². The molecule has 0 fully saturated rings. The molecule has 0 spiro atoms. The van der Waals surface area contributed by atoms with Gasteiger partial charge in [-0.25, -0.2) is 8.78 Å². The summed E-state index contributed by atoms with van der Waals surface area (Å²) in [5.41, 5.74) is -1.01. The second-order valence-corrected chi connectivity index (χ2v) is 4.64. The molecule has 0 radical (unpaired) electrons. The Bertz CT molecular complexity index is 665. The summed E-state index contributed by atoms with van der Waals surface area (Å²) in [5, 5.41) is -0.145. The minimum Gasteiger partial charge on any atom is -0.489 e. The SMILES string of the molecule is Fc1cc(OCc2cccc(F)c2Cl)ccc1[B-](F)(F)F.[K+]. The first-order valence-electron chi connectivity index (χ1n) is 5.84. The average molecular weight is 361 g/mol. The minimum atomic E-state index is -5.42. The molecule has 0 atom stereocenters. The van der Waals surface area contributed by atoms with Crippen molar-refractivity contribution in [3.8, 4) is 5.75 Å². The predicted octanol–water partition coefficient (Wildman–Crippen LogP) is 1.26. The number of benzene rings is 2. The summed E-state index contributed by atoms with van der Waals surface area (Å²) in [6.45, 7) is -5.60. The Kier molecular flexibility index (Phi) is 7.36. The molecule has 0 aliphatic heterocycles. The van der Waals surface area contributed by atoms with Gasteiger partial charge in [0, 0.05) is 11.6 Å². The van der Waals surface area contributed by atoms with Crippen LogP contribution in [0.1, 0.15) is 5.56 Å². The molecule has 0 aromatic heterocycles. The van der Waals surface area contributed by atoms with Gasteiger partial charge in [-0.1, -0.05) is 35.3 Å². The first kappa shape index (κ1) is 19.9. The molecule has 2 aromatic rings. The third-order valence-electron chi connectivity index (χ3n) is 2.75. The fourth-order valence-electron chi connectivity index (χ4n) is 1.68. The zero-order valence-electron chi connectivity index (χ0n) is 11.4. The van der Waals surface area contributed by atoms with E-state index in [1.807, 2.05) is 0 Å². The standard InChI is InChI=1S/C13H8BClF5O.K/c15-13-8(2-1-3-11(13)16)7-21-9-4-5-10(12(17)6-9)14(18,19)20;/h1-6H,7H2;/q-1;+1. The van der Waals surface area contributed by atoms with E-state index in [9.17, 15) is 21.7 Å². The Balaban J connectivity index is 0.00000242. The second kappa shape index (κ2) is 8.12. The van der Waals surface area contributed by atoms with Gasteiger partial charge >= 0.3 is 58.4 Å². The zero-order valence-corrected chi connectivity index (χ0v) is 15.3. The molecule has 0 unspecified atom stereocenters. The van der Waals surface area contributed by atoms with E-state index in [0.29, 0.717) is 17.7 Å². The van der Waals surface area contributed by atoms with Crippen LogP contribution in [0.4, 0.5) is 21.7 Å². The van der Waals surface area contributed by atoms with E-state index in [-0.39, 0.29) is 68.8 Å². The quantitative estimate of drug-likeness (QED) is 0.589. The molecular formula is C13H8BClF5KO. The molecule has 0 N–H and O–H groups in total. The number of ether oxygens (including phenoxy) is 1. The van der Waals surface area contributed by atoms with Gasteiger partial charge in [0.1, 0.15) is 18.2 Å². The van der Waals surface area contributed by atoms with Crippen LogP contribution in [0.25, 0.3) is 0 Å². The Morgan fingerprint density at radius 2 is 1.68 bits per heavy atom. The molecule has 0 saturated carbocycles. The van der Waals surface area contributed by atoms with Crippen LogP contribution in [0.5, 0.6) is 5.75 Å². The van der Waals surface area contributed by atoms with E-state index in [2.05, 4.69) is 0 Å². The van der Waals surface area contributed by atoms with Crippen molar-refractivity contribution in [3.63, 3.8) is 0 Å². The molecule has 2 aromatic carbocycles. The molecule has 2 rings (SSSR count). The third-order valence-corrected chi connectivity index (χ3v) is 3.17. The minimum absolute atomic E-state index is 0. The Morgan fingerprint density at radius 1 is 1.00 bits per heavy atom. The first-order chi connectivity index (χ1) is 9.79. The molecule has 0 bridgehead atoms. The molecule has 112 valence electrons. The summed E-state index contributed by atoms with van der Waals surface area (Å²) in [4.78, 5) is 0. The molecule has 0 aliphatic carbocycles. The number of hydrogen-bond acceptors (Lipinski definition) is 1. The summed E-state index contributed by atoms with van der Waals surface area (Å²) < 4.78 is 69.0. The number of rotatable bonds is 4. The van der Waals surface area contributed by atoms with Crippen molar-refractivity contribution in [3.05, 3.63) is 58.6 Å². The van der Waals surface area contributed by atoms with Crippen molar-refractivity contribution in [2.24, 2.45) is 0 Å². The fraction of sp³-hybridized carbons (Fsp3) is 0.0769. The summed E-state index contributed by atoms with van der Waals surface area (Å²) in [5.74, 6) is -2.15. The van der Waals surface area contributed by atoms with Crippen molar-refractivity contribution < 1.29 is 77.8 Å². The van der Waals surface area contributed by atoms with E-state index in [0.717, 1.165) is 12.1 Å². The van der Waals surface area contributed by atoms with Gasteiger partial charge in [0.25, 0.3) is 0 Å². The molecule has 0 saturated heterocycles. The van der Waals surface area contributed by atoms with Gasteiger partial charge in [0.15, 0.2) is 0 Å². The molecule has 0 amide bonds. The normalized spacial score (nSPS) is 11.0. The molecule has 9 heteroatoms. The van der Waals surface area contributed by atoms with Crippen molar-refractivity contribution in [1.29, 1.82) is 0 Å². The van der Waals surface area contributed by atoms with Crippen LogP contribution in [0.3, 0.4) is 0 Å². The molecular weight excluding hydrogens is 352 g/mol. The van der Waals surface area contributed by atoms with Crippen molar-refractivity contribution in [2.75, 3.05) is 0 Å². The van der Waals surface area contributed by atoms with Crippen LogP contribution < -0.4 is 61.6 Å². The van der Waals surface area contributed by atoms with Gasteiger partial charge in [-0.15, -0.1) is 0 Å². The van der Waals surface area contributed by atoms with E-state index < -0.39 is 24.1 Å². The van der Waals surface area contributed by atoms with Gasteiger partial charge in [0.05, 0.1) is 10.8 Å². The molecule has 22 heavy (non-hydrogen) atoms. The van der Waals surface area contributed by atoms with Crippen LogP contribution in [0, 0.1) is 11.6 Å². The Morgan fingerprint density at radius 3 is 2.27 bits per heavy atom. The van der Waals surface area contributed by atoms with Crippen LogP contribution in [-0.2, 0) is 6.61 Å². The van der Waals surface area contributed by atoms with Gasteiger partial charge in [0.2, 0.25) is 0 Å². The van der Waals surface area contributed by atoms with E-state index in [4.69, 9.17) is 16.3 Å². The first-order valence-corrected chi connectivity index (χ1v) is 6.22. The number of hydrogen-bond donors (Lipinski definition) is 0. The van der Waals surface area contributed by atoms with Crippen LogP contribution in [-0.4, -0.2) is 6.98 Å². The Hall–Kier alpha value is -0.119. The summed E-state index contributed by atoms with van der Waals surface area (Å²) in [6.07, 6.45) is 0. The third kappa shape index (κ3) is 4.94. The molecule has 0 aliphatic rings. The maximum Gasteiger partial charge on any atom is 1.00 e. The summed E-state index contributed by atoms with van der Waals surface area (Å²) >= 11 is 5.70. The van der Waals surface area contributed by atoms with Gasteiger partial charge < -0.3 is 17.7 Å². The summed E-state index contributed by atoms with van der Waals surface area (Å²) in [6, 6.07) is 6.31. The largest absolute Gasteiger partial charge is 1.00 e. The predicted molar refractivity (Wildman–Crippen MR) is 70.9 cm³/mol. The van der Waals surface area contributed by atoms with Crippen molar-refractivity contribution >= 4 is 24.0 Å². The average Bonchev–Trinajstić information content (AvgIpc) is 2.39. The maximum absolute atomic E-state index is 13.3. The monoisotopic (exact) mass is 360 g/mol. The van der Waals surface area contributed by atoms with Crippen molar-refractivity contribution in [2.45, 2.75) is 6.61 Å². The van der Waals surface area contributed by atoms with Crippen LogP contribution in [0.2, 0.25) is 5.02 Å². The van der Waals surface area contributed by atoms with E-state index >= 15 is 0 Å². The molecule has 1 nitrogen and oxygen atoms in total. The zero-order chi connectivity index (χ0) is 15.6. The van der Waals surface area contributed by atoms with E-state index in [1.165, 1.54) is 12.1 Å². The van der Waals surface area contributed by atoms with E-state index in [1.54, 1.807) is 0 Å². The second-order valence-electron chi connectivity index (χ2n) is 4.26.